The lowest BCUT2D eigenvalue weighted by Crippen LogP contribution is -2.54. The molecule has 1 saturated heterocycles. The third kappa shape index (κ3) is 3.96. The van der Waals surface area contributed by atoms with Crippen LogP contribution < -0.4 is 5.73 Å². The topological polar surface area (TPSA) is 81.9 Å². The average molecular weight is 258 g/mol. The number of hydrogen-bond acceptors (Lipinski definition) is 6. The number of rotatable bonds is 7. The molecule has 104 valence electrons. The summed E-state index contributed by atoms with van der Waals surface area (Å²) < 4.78 is 9.79. The summed E-state index contributed by atoms with van der Waals surface area (Å²) in [7, 11) is 0. The molecular formula is C12H22N2O4. The summed E-state index contributed by atoms with van der Waals surface area (Å²) in [5.41, 5.74) is 5.69. The maximum absolute atomic E-state index is 11.5. The number of ether oxygens (including phenoxy) is 2. The summed E-state index contributed by atoms with van der Waals surface area (Å²) in [5.74, 6) is -0.570. The highest BCUT2D eigenvalue weighted by molar-refractivity contribution is 5.77. The highest BCUT2D eigenvalue weighted by atomic mass is 16.5. The highest BCUT2D eigenvalue weighted by Crippen LogP contribution is 2.19. The molecule has 2 N–H and O–H groups in total. The number of esters is 2. The van der Waals surface area contributed by atoms with Crippen molar-refractivity contribution in [2.24, 2.45) is 5.73 Å². The lowest BCUT2D eigenvalue weighted by molar-refractivity contribution is -0.154. The molecule has 1 fully saturated rings. The number of nitrogens with zero attached hydrogens (tertiary/aromatic N) is 1. The van der Waals surface area contributed by atoms with E-state index in [4.69, 9.17) is 15.2 Å². The Morgan fingerprint density at radius 2 is 2.00 bits per heavy atom. The average Bonchev–Trinajstić information content (AvgIpc) is 2.28. The molecule has 0 aliphatic carbocycles. The summed E-state index contributed by atoms with van der Waals surface area (Å²) in [6, 6.07) is -0.784. The van der Waals surface area contributed by atoms with Gasteiger partial charge in [-0.3, -0.25) is 14.5 Å². The van der Waals surface area contributed by atoms with Crippen molar-refractivity contribution in [3.05, 3.63) is 0 Å². The van der Waals surface area contributed by atoms with Crippen LogP contribution in [-0.4, -0.2) is 55.2 Å². The van der Waals surface area contributed by atoms with Crippen LogP contribution in [0.4, 0.5) is 0 Å². The van der Waals surface area contributed by atoms with E-state index in [9.17, 15) is 9.59 Å². The molecule has 0 aromatic rings. The van der Waals surface area contributed by atoms with Crippen LogP contribution in [0.2, 0.25) is 0 Å². The van der Waals surface area contributed by atoms with Gasteiger partial charge in [0.05, 0.1) is 13.2 Å². The lowest BCUT2D eigenvalue weighted by Gasteiger charge is -2.39. The van der Waals surface area contributed by atoms with Gasteiger partial charge in [0.1, 0.15) is 12.1 Å². The van der Waals surface area contributed by atoms with Gasteiger partial charge >= 0.3 is 11.9 Å². The Morgan fingerprint density at radius 1 is 1.33 bits per heavy atom. The van der Waals surface area contributed by atoms with Crippen LogP contribution in [0.3, 0.4) is 0 Å². The molecule has 0 saturated carbocycles. The van der Waals surface area contributed by atoms with Crippen LogP contribution in [0.15, 0.2) is 0 Å². The Morgan fingerprint density at radius 3 is 2.50 bits per heavy atom. The molecule has 1 aliphatic rings. The third-order valence-electron chi connectivity index (χ3n) is 3.01. The van der Waals surface area contributed by atoms with E-state index in [1.54, 1.807) is 13.8 Å². The molecule has 1 aliphatic heterocycles. The van der Waals surface area contributed by atoms with E-state index in [2.05, 4.69) is 0 Å². The van der Waals surface area contributed by atoms with Crippen molar-refractivity contribution in [1.29, 1.82) is 0 Å². The van der Waals surface area contributed by atoms with Gasteiger partial charge in [-0.15, -0.1) is 0 Å². The first kappa shape index (κ1) is 14.9. The van der Waals surface area contributed by atoms with E-state index in [-0.39, 0.29) is 18.0 Å². The molecule has 18 heavy (non-hydrogen) atoms. The summed E-state index contributed by atoms with van der Waals surface area (Å²) in [5, 5.41) is 0. The Kier molecular flexibility index (Phi) is 6.07. The van der Waals surface area contributed by atoms with Gasteiger partial charge in [0.2, 0.25) is 0 Å². The zero-order chi connectivity index (χ0) is 13.5. The molecule has 0 bridgehead atoms. The fourth-order valence-corrected chi connectivity index (χ4v) is 1.89. The maximum atomic E-state index is 11.5. The van der Waals surface area contributed by atoms with Gasteiger partial charge in [0.25, 0.3) is 0 Å². The molecule has 2 unspecified atom stereocenters. The van der Waals surface area contributed by atoms with Crippen LogP contribution in [0.5, 0.6) is 0 Å². The summed E-state index contributed by atoms with van der Waals surface area (Å²) in [6.45, 7) is 5.73. The number of hydrogen-bond donors (Lipinski definition) is 1. The van der Waals surface area contributed by atoms with Crippen LogP contribution in [-0.2, 0) is 19.1 Å². The quantitative estimate of drug-likeness (QED) is 0.642. The van der Waals surface area contributed by atoms with E-state index >= 15 is 0 Å². The van der Waals surface area contributed by atoms with Gasteiger partial charge in [0, 0.05) is 13.1 Å². The van der Waals surface area contributed by atoms with Gasteiger partial charge in [-0.05, 0) is 26.7 Å². The van der Waals surface area contributed by atoms with Crippen LogP contribution in [0, 0.1) is 0 Å². The zero-order valence-electron chi connectivity index (χ0n) is 11.1. The molecule has 0 aromatic carbocycles. The highest BCUT2D eigenvalue weighted by Gasteiger charge is 2.35. The second kappa shape index (κ2) is 7.33. The van der Waals surface area contributed by atoms with Gasteiger partial charge in [-0.25, -0.2) is 0 Å². The number of nitrogens with two attached hydrogens (primary N) is 1. The summed E-state index contributed by atoms with van der Waals surface area (Å²) >= 11 is 0. The number of carbonyl (C=O) groups excluding carboxylic acids is 2. The molecular weight excluding hydrogens is 236 g/mol. The van der Waals surface area contributed by atoms with Crippen LogP contribution in [0.1, 0.15) is 26.7 Å². The van der Waals surface area contributed by atoms with Gasteiger partial charge < -0.3 is 15.2 Å². The molecule has 0 amide bonds. The minimum Gasteiger partial charge on any atom is -0.465 e. The second-order valence-electron chi connectivity index (χ2n) is 4.24. The lowest BCUT2D eigenvalue weighted by atomic mass is 10.0. The zero-order valence-corrected chi connectivity index (χ0v) is 11.1. The Labute approximate surface area is 107 Å². The maximum Gasteiger partial charge on any atom is 0.323 e. The SMILES string of the molecule is CCOC(=O)C(N)CCN1CCC1C(=O)OCC. The Hall–Kier alpha value is -1.14. The molecule has 6 nitrogen and oxygen atoms in total. The number of carbonyl (C=O) groups is 2. The monoisotopic (exact) mass is 258 g/mol. The van der Waals surface area contributed by atoms with E-state index in [0.717, 1.165) is 13.0 Å². The third-order valence-corrected chi connectivity index (χ3v) is 3.01. The predicted octanol–water partition coefficient (Wildman–Crippen LogP) is -0.0957. The summed E-state index contributed by atoms with van der Waals surface area (Å²) in [6.07, 6.45) is 1.31. The first-order chi connectivity index (χ1) is 8.60. The fourth-order valence-electron chi connectivity index (χ4n) is 1.89. The Bertz CT molecular complexity index is 296. The van der Waals surface area contributed by atoms with E-state index in [1.165, 1.54) is 0 Å². The molecule has 2 atom stereocenters. The molecule has 1 rings (SSSR count). The van der Waals surface area contributed by atoms with Crippen molar-refractivity contribution >= 4 is 11.9 Å². The normalized spacial score (nSPS) is 20.9. The minimum absolute atomic E-state index is 0.167. The second-order valence-corrected chi connectivity index (χ2v) is 4.24. The van der Waals surface area contributed by atoms with Crippen LogP contribution in [0.25, 0.3) is 0 Å². The van der Waals surface area contributed by atoms with E-state index < -0.39 is 6.04 Å². The molecule has 6 heteroatoms. The van der Waals surface area contributed by atoms with Crippen molar-refractivity contribution in [3.8, 4) is 0 Å². The first-order valence-corrected chi connectivity index (χ1v) is 6.43. The molecule has 0 spiro atoms. The van der Waals surface area contributed by atoms with Gasteiger partial charge in [-0.1, -0.05) is 0 Å². The Balaban J connectivity index is 2.27. The van der Waals surface area contributed by atoms with Gasteiger partial charge in [0.15, 0.2) is 0 Å². The van der Waals surface area contributed by atoms with Gasteiger partial charge in [-0.2, -0.15) is 0 Å². The largest absolute Gasteiger partial charge is 0.465 e. The first-order valence-electron chi connectivity index (χ1n) is 6.43. The smallest absolute Gasteiger partial charge is 0.323 e. The van der Waals surface area contributed by atoms with Crippen molar-refractivity contribution in [2.75, 3.05) is 26.3 Å². The van der Waals surface area contributed by atoms with Crippen molar-refractivity contribution in [2.45, 2.75) is 38.8 Å². The van der Waals surface area contributed by atoms with E-state index in [1.807, 2.05) is 4.90 Å². The minimum atomic E-state index is -0.617. The van der Waals surface area contributed by atoms with E-state index in [0.29, 0.717) is 26.2 Å². The standard InChI is InChI=1S/C12H22N2O4/c1-3-17-11(15)9(13)5-7-14-8-6-10(14)12(16)18-4-2/h9-10H,3-8,13H2,1-2H3. The molecule has 0 radical (unpaired) electrons. The predicted molar refractivity (Wildman–Crippen MR) is 65.8 cm³/mol. The van der Waals surface area contributed by atoms with Crippen molar-refractivity contribution < 1.29 is 19.1 Å². The van der Waals surface area contributed by atoms with Crippen LogP contribution >= 0.6 is 0 Å². The molecule has 0 aromatic heterocycles. The van der Waals surface area contributed by atoms with Crippen molar-refractivity contribution in [3.63, 3.8) is 0 Å². The number of likely N-dealkylation sites (tertiary alicyclic amines) is 1. The van der Waals surface area contributed by atoms with Crippen molar-refractivity contribution in [1.82, 2.24) is 4.90 Å². The molecule has 1 heterocycles. The fraction of sp³-hybridized carbons (Fsp3) is 0.833. The summed E-state index contributed by atoms with van der Waals surface area (Å²) in [4.78, 5) is 24.8.